The van der Waals surface area contributed by atoms with Gasteiger partial charge in [-0.2, -0.15) is 0 Å². The number of likely N-dealkylation sites (N-methyl/N-ethyl adjacent to an activating group) is 1. The fourth-order valence-corrected chi connectivity index (χ4v) is 1.63. The molecule has 16 heavy (non-hydrogen) atoms. The van der Waals surface area contributed by atoms with Crippen molar-refractivity contribution in [1.82, 2.24) is 10.2 Å². The van der Waals surface area contributed by atoms with Crippen LogP contribution in [0.4, 0.5) is 0 Å². The Kier molecular flexibility index (Phi) is 4.93. The van der Waals surface area contributed by atoms with Crippen LogP contribution in [0.5, 0.6) is 0 Å². The van der Waals surface area contributed by atoms with Crippen molar-refractivity contribution >= 4 is 11.7 Å². The summed E-state index contributed by atoms with van der Waals surface area (Å²) < 4.78 is 0. The molecule has 0 radical (unpaired) electrons. The maximum atomic E-state index is 11.4. The van der Waals surface area contributed by atoms with E-state index in [1.165, 1.54) is 19.8 Å². The van der Waals surface area contributed by atoms with Crippen LogP contribution in [0.25, 0.3) is 0 Å². The molecule has 0 aromatic carbocycles. The van der Waals surface area contributed by atoms with Gasteiger partial charge in [0.05, 0.1) is 0 Å². The number of nitrogens with one attached hydrogen (secondary N) is 1. The molecular formula is C12H22N2O2. The second-order valence-corrected chi connectivity index (χ2v) is 4.75. The Morgan fingerprint density at radius 3 is 2.50 bits per heavy atom. The third kappa shape index (κ3) is 4.75. The highest BCUT2D eigenvalue weighted by atomic mass is 16.2. The number of hydrogen-bond donors (Lipinski definition) is 1. The summed E-state index contributed by atoms with van der Waals surface area (Å²) in [6, 6.07) is 1.08. The van der Waals surface area contributed by atoms with Gasteiger partial charge in [0, 0.05) is 31.5 Å². The predicted molar refractivity (Wildman–Crippen MR) is 63.2 cm³/mol. The summed E-state index contributed by atoms with van der Waals surface area (Å²) in [5.74, 6) is 0.0459. The summed E-state index contributed by atoms with van der Waals surface area (Å²) in [6.07, 6.45) is 3.21. The van der Waals surface area contributed by atoms with E-state index in [9.17, 15) is 9.59 Å². The maximum Gasteiger partial charge on any atom is 0.220 e. The van der Waals surface area contributed by atoms with E-state index in [-0.39, 0.29) is 11.7 Å². The van der Waals surface area contributed by atoms with Gasteiger partial charge >= 0.3 is 0 Å². The first-order chi connectivity index (χ1) is 7.50. The van der Waals surface area contributed by atoms with Crippen LogP contribution in [-0.4, -0.2) is 42.3 Å². The Balaban J connectivity index is 2.12. The first kappa shape index (κ1) is 13.2. The SMILES string of the molecule is CC(=O)CCC(=O)NCC(C)N(C)C1CC1. The lowest BCUT2D eigenvalue weighted by Crippen LogP contribution is -2.41. The topological polar surface area (TPSA) is 49.4 Å². The van der Waals surface area contributed by atoms with Crippen LogP contribution in [0.1, 0.15) is 39.5 Å². The van der Waals surface area contributed by atoms with Crippen molar-refractivity contribution in [3.8, 4) is 0 Å². The first-order valence-electron chi connectivity index (χ1n) is 5.98. The van der Waals surface area contributed by atoms with Gasteiger partial charge in [0.1, 0.15) is 5.78 Å². The van der Waals surface area contributed by atoms with Crippen molar-refractivity contribution in [2.75, 3.05) is 13.6 Å². The molecule has 1 aliphatic carbocycles. The van der Waals surface area contributed by atoms with E-state index < -0.39 is 0 Å². The van der Waals surface area contributed by atoms with Crippen molar-refractivity contribution in [1.29, 1.82) is 0 Å². The van der Waals surface area contributed by atoms with E-state index in [0.29, 0.717) is 31.5 Å². The molecule has 1 amide bonds. The standard InChI is InChI=1S/C12H22N2O2/c1-9(14(3)11-5-6-11)8-13-12(16)7-4-10(2)15/h9,11H,4-8H2,1-3H3,(H,13,16). The minimum atomic E-state index is -0.0220. The number of amides is 1. The molecule has 0 saturated heterocycles. The Bertz CT molecular complexity index is 262. The Labute approximate surface area is 97.4 Å². The minimum absolute atomic E-state index is 0.0220. The molecule has 0 aromatic heterocycles. The molecular weight excluding hydrogens is 204 g/mol. The Hall–Kier alpha value is -0.900. The second-order valence-electron chi connectivity index (χ2n) is 4.75. The van der Waals surface area contributed by atoms with Gasteiger partial charge in [-0.1, -0.05) is 0 Å². The average Bonchev–Trinajstić information content (AvgIpc) is 3.05. The van der Waals surface area contributed by atoms with E-state index in [2.05, 4.69) is 24.2 Å². The molecule has 1 rings (SSSR count). The number of ketones is 1. The molecule has 1 saturated carbocycles. The van der Waals surface area contributed by atoms with Crippen molar-refractivity contribution in [2.45, 2.75) is 51.6 Å². The summed E-state index contributed by atoms with van der Waals surface area (Å²) in [5, 5.41) is 2.87. The largest absolute Gasteiger partial charge is 0.355 e. The Morgan fingerprint density at radius 1 is 1.38 bits per heavy atom. The van der Waals surface area contributed by atoms with E-state index in [1.807, 2.05) is 0 Å². The lowest BCUT2D eigenvalue weighted by molar-refractivity contribution is -0.124. The monoisotopic (exact) mass is 226 g/mol. The van der Waals surface area contributed by atoms with Gasteiger partial charge in [-0.05, 0) is 33.7 Å². The van der Waals surface area contributed by atoms with Crippen molar-refractivity contribution < 1.29 is 9.59 Å². The van der Waals surface area contributed by atoms with Crippen LogP contribution in [-0.2, 0) is 9.59 Å². The van der Waals surface area contributed by atoms with Crippen LogP contribution in [0.3, 0.4) is 0 Å². The van der Waals surface area contributed by atoms with Crippen molar-refractivity contribution in [3.63, 3.8) is 0 Å². The zero-order valence-corrected chi connectivity index (χ0v) is 10.5. The molecule has 92 valence electrons. The Morgan fingerprint density at radius 2 is 2.00 bits per heavy atom. The van der Waals surface area contributed by atoms with Crippen LogP contribution < -0.4 is 5.32 Å². The van der Waals surface area contributed by atoms with Gasteiger partial charge in [-0.15, -0.1) is 0 Å². The first-order valence-corrected chi connectivity index (χ1v) is 5.98. The normalized spacial score (nSPS) is 17.2. The molecule has 1 N–H and O–H groups in total. The fraction of sp³-hybridized carbons (Fsp3) is 0.833. The van der Waals surface area contributed by atoms with Crippen LogP contribution >= 0.6 is 0 Å². The average molecular weight is 226 g/mol. The number of carbonyl (C=O) groups excluding carboxylic acids is 2. The smallest absolute Gasteiger partial charge is 0.220 e. The van der Waals surface area contributed by atoms with Crippen molar-refractivity contribution in [2.24, 2.45) is 0 Å². The summed E-state index contributed by atoms with van der Waals surface area (Å²) in [4.78, 5) is 24.4. The molecule has 4 nitrogen and oxygen atoms in total. The number of rotatable bonds is 7. The number of hydrogen-bond acceptors (Lipinski definition) is 3. The minimum Gasteiger partial charge on any atom is -0.355 e. The van der Waals surface area contributed by atoms with Gasteiger partial charge in [0.15, 0.2) is 0 Å². The molecule has 4 heteroatoms. The second kappa shape index (κ2) is 5.99. The van der Waals surface area contributed by atoms with Crippen LogP contribution in [0.15, 0.2) is 0 Å². The number of nitrogens with zero attached hydrogens (tertiary/aromatic N) is 1. The fourth-order valence-electron chi connectivity index (χ4n) is 1.63. The molecule has 1 aliphatic rings. The highest BCUT2D eigenvalue weighted by Crippen LogP contribution is 2.26. The zero-order valence-electron chi connectivity index (χ0n) is 10.5. The summed E-state index contributed by atoms with van der Waals surface area (Å²) >= 11 is 0. The van der Waals surface area contributed by atoms with Gasteiger partial charge in [0.2, 0.25) is 5.91 Å². The summed E-state index contributed by atoms with van der Waals surface area (Å²) in [7, 11) is 2.10. The molecule has 1 atom stereocenters. The van der Waals surface area contributed by atoms with Crippen LogP contribution in [0.2, 0.25) is 0 Å². The quantitative estimate of drug-likeness (QED) is 0.703. The summed E-state index contributed by atoms with van der Waals surface area (Å²) in [6.45, 7) is 4.30. The lowest BCUT2D eigenvalue weighted by atomic mass is 10.2. The predicted octanol–water partition coefficient (Wildman–Crippen LogP) is 0.954. The van der Waals surface area contributed by atoms with E-state index in [1.54, 1.807) is 0 Å². The van der Waals surface area contributed by atoms with Gasteiger partial charge < -0.3 is 10.1 Å². The van der Waals surface area contributed by atoms with Gasteiger partial charge in [-0.3, -0.25) is 9.69 Å². The van der Waals surface area contributed by atoms with E-state index >= 15 is 0 Å². The highest BCUT2D eigenvalue weighted by Gasteiger charge is 2.28. The molecule has 0 aliphatic heterocycles. The highest BCUT2D eigenvalue weighted by molar-refractivity contribution is 5.83. The number of carbonyl (C=O) groups is 2. The van der Waals surface area contributed by atoms with E-state index in [0.717, 1.165) is 0 Å². The molecule has 1 fully saturated rings. The lowest BCUT2D eigenvalue weighted by Gasteiger charge is -2.24. The maximum absolute atomic E-state index is 11.4. The van der Waals surface area contributed by atoms with Crippen LogP contribution in [0, 0.1) is 0 Å². The molecule has 0 heterocycles. The molecule has 0 aromatic rings. The van der Waals surface area contributed by atoms with E-state index in [4.69, 9.17) is 0 Å². The number of Topliss-reactive ketones (excluding diaryl/α,β-unsaturated/α-hetero) is 1. The molecule has 0 spiro atoms. The van der Waals surface area contributed by atoms with Gasteiger partial charge in [-0.25, -0.2) is 0 Å². The van der Waals surface area contributed by atoms with Crippen molar-refractivity contribution in [3.05, 3.63) is 0 Å². The summed E-state index contributed by atoms with van der Waals surface area (Å²) in [5.41, 5.74) is 0. The molecule has 1 unspecified atom stereocenters. The van der Waals surface area contributed by atoms with Gasteiger partial charge in [0.25, 0.3) is 0 Å². The third-order valence-corrected chi connectivity index (χ3v) is 3.12. The molecule has 0 bridgehead atoms. The zero-order chi connectivity index (χ0) is 12.1. The third-order valence-electron chi connectivity index (χ3n) is 3.12.